The van der Waals surface area contributed by atoms with Crippen LogP contribution in [0.3, 0.4) is 0 Å². The number of anilines is 1. The Bertz CT molecular complexity index is 1410. The Morgan fingerprint density at radius 2 is 1.71 bits per heavy atom. The number of aromatic nitrogens is 2. The molecule has 0 radical (unpaired) electrons. The van der Waals surface area contributed by atoms with Gasteiger partial charge in [0.1, 0.15) is 28.9 Å². The summed E-state index contributed by atoms with van der Waals surface area (Å²) >= 11 is 0. The van der Waals surface area contributed by atoms with Crippen LogP contribution in [-0.2, 0) is 17.6 Å². The molecule has 0 bridgehead atoms. The number of rotatable bonds is 10. The first-order valence-electron chi connectivity index (χ1n) is 13.2. The maximum atomic E-state index is 13.2. The van der Waals surface area contributed by atoms with Crippen molar-refractivity contribution in [3.8, 4) is 11.5 Å². The van der Waals surface area contributed by atoms with Crippen LogP contribution in [0.2, 0.25) is 0 Å². The first kappa shape index (κ1) is 29.1. The van der Waals surface area contributed by atoms with Gasteiger partial charge in [-0.15, -0.1) is 0 Å². The summed E-state index contributed by atoms with van der Waals surface area (Å²) in [6.07, 6.45) is 3.49. The number of methoxy groups -OCH3 is 2. The van der Waals surface area contributed by atoms with Crippen molar-refractivity contribution >= 4 is 23.7 Å². The number of benzene rings is 2. The molecule has 216 valence electrons. The maximum Gasteiger partial charge on any atom is 0.346 e. The fraction of sp³-hybridized carbons (Fsp3) is 0.345. The average Bonchev–Trinajstić information content (AvgIpc) is 2.98. The highest BCUT2D eigenvalue weighted by Crippen LogP contribution is 2.29. The standard InChI is InChI=1S/C29H33N5O7/c1-40-22-9-6-10-23(41-2)24(22)26(35)32-25-20(17-30-28(38)33-25)16-21(27(36)37)31-29(39)34-13-11-19(12-14-34)15-18-7-4-3-5-8-18/h3-10,17,19,21H,11-16H2,1-2H3,(H,31,39)(H,36,37)(H2,30,32,33,35,38). The van der Waals surface area contributed by atoms with Gasteiger partial charge in [0.05, 0.1) is 14.2 Å². The number of aromatic amines is 1. The molecule has 2 aromatic carbocycles. The quantitative estimate of drug-likeness (QED) is 0.293. The van der Waals surface area contributed by atoms with Gasteiger partial charge in [-0.1, -0.05) is 36.4 Å². The number of hydrogen-bond donors (Lipinski definition) is 4. The normalized spacial score (nSPS) is 14.1. The lowest BCUT2D eigenvalue weighted by Gasteiger charge is -2.33. The van der Waals surface area contributed by atoms with Gasteiger partial charge in [-0.2, -0.15) is 0 Å². The second kappa shape index (κ2) is 13.5. The molecule has 3 amide bonds. The summed E-state index contributed by atoms with van der Waals surface area (Å²) in [6, 6.07) is 13.2. The molecule has 1 aliphatic rings. The van der Waals surface area contributed by atoms with Crippen molar-refractivity contribution in [3.63, 3.8) is 0 Å². The summed E-state index contributed by atoms with van der Waals surface area (Å²) in [5.41, 5.74) is 0.800. The lowest BCUT2D eigenvalue weighted by molar-refractivity contribution is -0.139. The lowest BCUT2D eigenvalue weighted by atomic mass is 9.90. The van der Waals surface area contributed by atoms with Crippen molar-refractivity contribution < 1.29 is 29.0 Å². The van der Waals surface area contributed by atoms with Gasteiger partial charge in [0.2, 0.25) is 0 Å². The topological polar surface area (TPSA) is 163 Å². The van der Waals surface area contributed by atoms with Crippen LogP contribution in [0, 0.1) is 5.92 Å². The zero-order valence-electron chi connectivity index (χ0n) is 22.9. The van der Waals surface area contributed by atoms with Crippen LogP contribution in [0.15, 0.2) is 59.5 Å². The number of carbonyl (C=O) groups is 3. The molecule has 12 nitrogen and oxygen atoms in total. The number of carboxylic acids is 1. The number of hydrogen-bond acceptors (Lipinski definition) is 7. The van der Waals surface area contributed by atoms with E-state index in [9.17, 15) is 24.3 Å². The largest absolute Gasteiger partial charge is 0.496 e. The minimum atomic E-state index is -1.34. The summed E-state index contributed by atoms with van der Waals surface area (Å²) in [7, 11) is 2.80. The smallest absolute Gasteiger partial charge is 0.346 e. The van der Waals surface area contributed by atoms with Crippen molar-refractivity contribution in [2.45, 2.75) is 31.7 Å². The fourth-order valence-electron chi connectivity index (χ4n) is 4.89. The van der Waals surface area contributed by atoms with E-state index >= 15 is 0 Å². The molecule has 0 aliphatic carbocycles. The number of nitrogens with one attached hydrogen (secondary N) is 3. The molecule has 1 aromatic heterocycles. The fourth-order valence-corrected chi connectivity index (χ4v) is 4.89. The Hall–Kier alpha value is -4.87. The minimum absolute atomic E-state index is 0.0508. The number of likely N-dealkylation sites (tertiary alicyclic amines) is 1. The molecule has 1 unspecified atom stereocenters. The third kappa shape index (κ3) is 7.41. The monoisotopic (exact) mass is 563 g/mol. The molecule has 4 rings (SSSR count). The van der Waals surface area contributed by atoms with Crippen LogP contribution < -0.4 is 25.8 Å². The zero-order valence-corrected chi connectivity index (χ0v) is 22.9. The molecule has 1 fully saturated rings. The van der Waals surface area contributed by atoms with Crippen molar-refractivity contribution in [1.82, 2.24) is 20.2 Å². The summed E-state index contributed by atoms with van der Waals surface area (Å²) in [6.45, 7) is 1.02. The molecule has 0 saturated carbocycles. The first-order valence-corrected chi connectivity index (χ1v) is 13.2. The minimum Gasteiger partial charge on any atom is -0.496 e. The Labute approximate surface area is 236 Å². The van der Waals surface area contributed by atoms with Crippen LogP contribution in [-0.4, -0.2) is 71.2 Å². The average molecular weight is 564 g/mol. The lowest BCUT2D eigenvalue weighted by Crippen LogP contribution is -2.51. The molecule has 1 aliphatic heterocycles. The number of carbonyl (C=O) groups excluding carboxylic acids is 2. The highest BCUT2D eigenvalue weighted by Gasteiger charge is 2.28. The van der Waals surface area contributed by atoms with Gasteiger partial charge in [-0.05, 0) is 42.9 Å². The predicted molar refractivity (Wildman–Crippen MR) is 150 cm³/mol. The number of nitrogens with zero attached hydrogens (tertiary/aromatic N) is 2. The molecule has 3 aromatic rings. The van der Waals surface area contributed by atoms with Crippen LogP contribution in [0.1, 0.15) is 34.3 Å². The van der Waals surface area contributed by atoms with Gasteiger partial charge in [0.25, 0.3) is 5.91 Å². The van der Waals surface area contributed by atoms with Gasteiger partial charge in [0, 0.05) is 31.3 Å². The Balaban J connectivity index is 1.43. The number of ether oxygens (including phenoxy) is 2. The van der Waals surface area contributed by atoms with Crippen molar-refractivity contribution in [1.29, 1.82) is 0 Å². The highest BCUT2D eigenvalue weighted by atomic mass is 16.5. The second-order valence-electron chi connectivity index (χ2n) is 9.74. The number of aliphatic carboxylic acids is 1. The number of carboxylic acid groups (broad SMARTS) is 1. The molecular weight excluding hydrogens is 530 g/mol. The van der Waals surface area contributed by atoms with Crippen molar-refractivity contribution in [2.24, 2.45) is 5.92 Å². The SMILES string of the molecule is COc1cccc(OC)c1C(=O)Nc1[nH]c(=O)ncc1CC(NC(=O)N1CCC(Cc2ccccc2)CC1)C(=O)O. The van der Waals surface area contributed by atoms with E-state index < -0.39 is 29.6 Å². The highest BCUT2D eigenvalue weighted by molar-refractivity contribution is 6.08. The van der Waals surface area contributed by atoms with Gasteiger partial charge < -0.3 is 30.1 Å². The Morgan fingerprint density at radius 1 is 1.05 bits per heavy atom. The number of urea groups is 1. The van der Waals surface area contributed by atoms with E-state index in [1.54, 1.807) is 23.1 Å². The van der Waals surface area contributed by atoms with Gasteiger partial charge in [0.15, 0.2) is 0 Å². The zero-order chi connectivity index (χ0) is 29.4. The molecular formula is C29H33N5O7. The van der Waals surface area contributed by atoms with E-state index in [1.165, 1.54) is 26.0 Å². The third-order valence-corrected chi connectivity index (χ3v) is 7.07. The molecule has 41 heavy (non-hydrogen) atoms. The molecule has 12 heteroatoms. The number of amides is 3. The number of H-pyrrole nitrogens is 1. The van der Waals surface area contributed by atoms with Crippen molar-refractivity contribution in [3.05, 3.63) is 81.9 Å². The van der Waals surface area contributed by atoms with E-state index in [2.05, 4.69) is 32.7 Å². The Kier molecular flexibility index (Phi) is 9.56. The van der Waals surface area contributed by atoms with Crippen LogP contribution in [0.25, 0.3) is 0 Å². The molecule has 2 heterocycles. The number of piperidine rings is 1. The molecule has 1 atom stereocenters. The first-order chi connectivity index (χ1) is 19.8. The van der Waals surface area contributed by atoms with E-state index in [0.717, 1.165) is 19.3 Å². The predicted octanol–water partition coefficient (Wildman–Crippen LogP) is 2.70. The van der Waals surface area contributed by atoms with E-state index in [1.807, 2.05) is 18.2 Å². The van der Waals surface area contributed by atoms with E-state index in [-0.39, 0.29) is 34.9 Å². The van der Waals surface area contributed by atoms with Gasteiger partial charge >= 0.3 is 17.7 Å². The second-order valence-corrected chi connectivity index (χ2v) is 9.74. The van der Waals surface area contributed by atoms with Crippen LogP contribution in [0.4, 0.5) is 10.6 Å². The van der Waals surface area contributed by atoms with Gasteiger partial charge in [-0.3, -0.25) is 9.78 Å². The van der Waals surface area contributed by atoms with Gasteiger partial charge in [-0.25, -0.2) is 19.4 Å². The molecule has 0 spiro atoms. The maximum absolute atomic E-state index is 13.2. The van der Waals surface area contributed by atoms with Crippen molar-refractivity contribution in [2.75, 3.05) is 32.6 Å². The summed E-state index contributed by atoms with van der Waals surface area (Å²) in [5, 5.41) is 15.1. The molecule has 4 N–H and O–H groups in total. The molecule has 1 saturated heterocycles. The van der Waals surface area contributed by atoms with Crippen LogP contribution in [0.5, 0.6) is 11.5 Å². The summed E-state index contributed by atoms with van der Waals surface area (Å²) in [5.74, 6) is -1.06. The Morgan fingerprint density at radius 3 is 2.32 bits per heavy atom. The third-order valence-electron chi connectivity index (χ3n) is 7.07. The summed E-state index contributed by atoms with van der Waals surface area (Å²) < 4.78 is 10.6. The van der Waals surface area contributed by atoms with Crippen LogP contribution >= 0.6 is 0 Å². The summed E-state index contributed by atoms with van der Waals surface area (Å²) in [4.78, 5) is 58.0. The van der Waals surface area contributed by atoms with E-state index in [4.69, 9.17) is 9.47 Å². The van der Waals surface area contributed by atoms with E-state index in [0.29, 0.717) is 19.0 Å².